The number of unbranched alkanes of at least 4 members (excludes halogenated alkanes) is 2. The minimum Gasteiger partial charge on any atom is -0.370 e. The summed E-state index contributed by atoms with van der Waals surface area (Å²) in [4.78, 5) is 10.1. The monoisotopic (exact) mass is 159 g/mol. The molecule has 2 heteroatoms. The van der Waals surface area contributed by atoms with E-state index in [0.717, 1.165) is 19.3 Å². The normalized spacial score (nSPS) is 8.27. The van der Waals surface area contributed by atoms with E-state index in [-0.39, 0.29) is 5.91 Å². The fraction of sp³-hybridized carbons (Fsp3) is 0.889. The highest BCUT2D eigenvalue weighted by Crippen LogP contribution is 1.96. The first-order valence-corrected chi connectivity index (χ1v) is 4.47. The SMILES string of the molecule is CCC.CCCCCC(N)=O. The zero-order valence-electron chi connectivity index (χ0n) is 8.02. The van der Waals surface area contributed by atoms with Crippen LogP contribution in [-0.2, 0) is 4.79 Å². The van der Waals surface area contributed by atoms with Crippen LogP contribution >= 0.6 is 0 Å². The minimum atomic E-state index is -0.182. The third kappa shape index (κ3) is 26.4. The van der Waals surface area contributed by atoms with Crippen LogP contribution in [0.25, 0.3) is 0 Å². The van der Waals surface area contributed by atoms with Gasteiger partial charge in [0, 0.05) is 6.42 Å². The van der Waals surface area contributed by atoms with E-state index >= 15 is 0 Å². The molecule has 0 aromatic carbocycles. The van der Waals surface area contributed by atoms with Crippen molar-refractivity contribution in [3.05, 3.63) is 0 Å². The number of primary amides is 1. The molecule has 0 heterocycles. The van der Waals surface area contributed by atoms with Gasteiger partial charge in [0.05, 0.1) is 0 Å². The summed E-state index contributed by atoms with van der Waals surface area (Å²) in [6.45, 7) is 6.35. The lowest BCUT2D eigenvalue weighted by Crippen LogP contribution is -2.09. The number of carbonyl (C=O) groups is 1. The van der Waals surface area contributed by atoms with E-state index < -0.39 is 0 Å². The third-order valence-corrected chi connectivity index (χ3v) is 1.03. The molecule has 68 valence electrons. The van der Waals surface area contributed by atoms with E-state index in [4.69, 9.17) is 5.73 Å². The fourth-order valence-electron chi connectivity index (χ4n) is 0.549. The van der Waals surface area contributed by atoms with E-state index in [1.165, 1.54) is 6.42 Å². The molecule has 0 saturated heterocycles. The zero-order valence-corrected chi connectivity index (χ0v) is 8.02. The molecule has 0 radical (unpaired) electrons. The summed E-state index contributed by atoms with van der Waals surface area (Å²) >= 11 is 0. The number of nitrogens with two attached hydrogens (primary N) is 1. The van der Waals surface area contributed by atoms with Crippen LogP contribution in [0.2, 0.25) is 0 Å². The van der Waals surface area contributed by atoms with Crippen LogP contribution in [0.3, 0.4) is 0 Å². The number of carbonyl (C=O) groups excluding carboxylic acids is 1. The van der Waals surface area contributed by atoms with Crippen LogP contribution in [0.1, 0.15) is 52.9 Å². The topological polar surface area (TPSA) is 43.1 Å². The molecule has 0 aromatic heterocycles. The Kier molecular flexibility index (Phi) is 14.5. The lowest BCUT2D eigenvalue weighted by Gasteiger charge is -1.90. The smallest absolute Gasteiger partial charge is 0.217 e. The average Bonchev–Trinajstić information content (AvgIpc) is 1.89. The predicted octanol–water partition coefficient (Wildman–Crippen LogP) is 2.47. The van der Waals surface area contributed by atoms with Crippen molar-refractivity contribution in [2.75, 3.05) is 0 Å². The second-order valence-electron chi connectivity index (χ2n) is 2.63. The van der Waals surface area contributed by atoms with E-state index in [1.807, 2.05) is 0 Å². The fourth-order valence-corrected chi connectivity index (χ4v) is 0.549. The molecule has 2 N–H and O–H groups in total. The quantitative estimate of drug-likeness (QED) is 0.629. The molecular weight excluding hydrogens is 138 g/mol. The summed E-state index contributed by atoms with van der Waals surface area (Å²) in [6.07, 6.45) is 5.01. The Labute approximate surface area is 70.2 Å². The molecule has 11 heavy (non-hydrogen) atoms. The van der Waals surface area contributed by atoms with Gasteiger partial charge in [-0.15, -0.1) is 0 Å². The number of amides is 1. The maximum absolute atomic E-state index is 10.1. The zero-order chi connectivity index (χ0) is 9.11. The van der Waals surface area contributed by atoms with Crippen LogP contribution in [0.15, 0.2) is 0 Å². The average molecular weight is 159 g/mol. The molecule has 0 rings (SSSR count). The maximum atomic E-state index is 10.1. The summed E-state index contributed by atoms with van der Waals surface area (Å²) in [7, 11) is 0. The van der Waals surface area contributed by atoms with Gasteiger partial charge in [-0.25, -0.2) is 0 Å². The Balaban J connectivity index is 0. The van der Waals surface area contributed by atoms with Gasteiger partial charge in [0.1, 0.15) is 0 Å². The van der Waals surface area contributed by atoms with Crippen molar-refractivity contribution in [1.82, 2.24) is 0 Å². The molecule has 0 aromatic rings. The van der Waals surface area contributed by atoms with Gasteiger partial charge in [0.25, 0.3) is 0 Å². The van der Waals surface area contributed by atoms with Crippen LogP contribution in [0.4, 0.5) is 0 Å². The van der Waals surface area contributed by atoms with Crippen LogP contribution in [0, 0.1) is 0 Å². The van der Waals surface area contributed by atoms with Crippen molar-refractivity contribution < 1.29 is 4.79 Å². The van der Waals surface area contributed by atoms with E-state index in [9.17, 15) is 4.79 Å². The Morgan fingerprint density at radius 3 is 1.91 bits per heavy atom. The van der Waals surface area contributed by atoms with Gasteiger partial charge in [0.15, 0.2) is 0 Å². The largest absolute Gasteiger partial charge is 0.370 e. The third-order valence-electron chi connectivity index (χ3n) is 1.03. The second kappa shape index (κ2) is 12.2. The first kappa shape index (κ1) is 13.1. The highest BCUT2D eigenvalue weighted by Gasteiger charge is 1.90. The van der Waals surface area contributed by atoms with Crippen LogP contribution < -0.4 is 5.73 Å². The minimum absolute atomic E-state index is 0.182. The molecule has 2 nitrogen and oxygen atoms in total. The first-order chi connectivity index (χ1) is 5.18. The first-order valence-electron chi connectivity index (χ1n) is 4.47. The summed E-state index contributed by atoms with van der Waals surface area (Å²) in [5, 5.41) is 0. The van der Waals surface area contributed by atoms with Gasteiger partial charge in [-0.3, -0.25) is 4.79 Å². The molecule has 0 aliphatic rings. The molecule has 0 spiro atoms. The van der Waals surface area contributed by atoms with Crippen molar-refractivity contribution in [2.24, 2.45) is 5.73 Å². The van der Waals surface area contributed by atoms with Crippen molar-refractivity contribution in [1.29, 1.82) is 0 Å². The van der Waals surface area contributed by atoms with Gasteiger partial charge >= 0.3 is 0 Å². The molecule has 0 aliphatic carbocycles. The predicted molar refractivity (Wildman–Crippen MR) is 49.3 cm³/mol. The van der Waals surface area contributed by atoms with Crippen molar-refractivity contribution in [3.63, 3.8) is 0 Å². The lowest BCUT2D eigenvalue weighted by atomic mass is 10.2. The standard InChI is InChI=1S/C6H13NO.C3H8/c1-2-3-4-5-6(7)8;1-3-2/h2-5H2,1H3,(H2,7,8);3H2,1-2H3. The van der Waals surface area contributed by atoms with E-state index in [2.05, 4.69) is 20.8 Å². The molecule has 1 amide bonds. The summed E-state index contributed by atoms with van der Waals surface area (Å²) in [6, 6.07) is 0. The maximum Gasteiger partial charge on any atom is 0.217 e. The molecule has 0 atom stereocenters. The summed E-state index contributed by atoms with van der Waals surface area (Å²) in [5.41, 5.74) is 4.89. The molecule has 0 aliphatic heterocycles. The second-order valence-corrected chi connectivity index (χ2v) is 2.63. The number of rotatable bonds is 4. The van der Waals surface area contributed by atoms with Crippen LogP contribution in [-0.4, -0.2) is 5.91 Å². The number of hydrogen-bond donors (Lipinski definition) is 1. The summed E-state index contributed by atoms with van der Waals surface area (Å²) < 4.78 is 0. The van der Waals surface area contributed by atoms with Crippen molar-refractivity contribution in [3.8, 4) is 0 Å². The van der Waals surface area contributed by atoms with Gasteiger partial charge in [-0.05, 0) is 6.42 Å². The molecule has 0 bridgehead atoms. The van der Waals surface area contributed by atoms with E-state index in [0.29, 0.717) is 6.42 Å². The van der Waals surface area contributed by atoms with Gasteiger partial charge in [-0.2, -0.15) is 0 Å². The lowest BCUT2D eigenvalue weighted by molar-refractivity contribution is -0.118. The van der Waals surface area contributed by atoms with E-state index in [1.54, 1.807) is 0 Å². The molecule has 0 unspecified atom stereocenters. The van der Waals surface area contributed by atoms with Crippen LogP contribution in [0.5, 0.6) is 0 Å². The van der Waals surface area contributed by atoms with Crippen molar-refractivity contribution in [2.45, 2.75) is 52.9 Å². The molecule has 0 fully saturated rings. The number of hydrogen-bond acceptors (Lipinski definition) is 1. The Bertz CT molecular complexity index is 81.6. The highest BCUT2D eigenvalue weighted by atomic mass is 16.1. The van der Waals surface area contributed by atoms with Gasteiger partial charge in [0.2, 0.25) is 5.91 Å². The Hall–Kier alpha value is -0.530. The van der Waals surface area contributed by atoms with Crippen molar-refractivity contribution >= 4 is 5.91 Å². The van der Waals surface area contributed by atoms with Gasteiger partial charge < -0.3 is 5.73 Å². The Morgan fingerprint density at radius 1 is 1.18 bits per heavy atom. The molecular formula is C9H21NO. The molecule has 0 saturated carbocycles. The van der Waals surface area contributed by atoms with Gasteiger partial charge in [-0.1, -0.05) is 40.0 Å². The summed E-state index contributed by atoms with van der Waals surface area (Å²) in [5.74, 6) is -0.182. The highest BCUT2D eigenvalue weighted by molar-refractivity contribution is 5.73. The Morgan fingerprint density at radius 2 is 1.64 bits per heavy atom.